The first-order valence-electron chi connectivity index (χ1n) is 6.13. The van der Waals surface area contributed by atoms with Crippen LogP contribution in [0.2, 0.25) is 0 Å². The molecule has 0 radical (unpaired) electrons. The first-order chi connectivity index (χ1) is 9.31. The second-order valence-electron chi connectivity index (χ2n) is 4.38. The van der Waals surface area contributed by atoms with Gasteiger partial charge in [-0.1, -0.05) is 6.07 Å². The summed E-state index contributed by atoms with van der Waals surface area (Å²) in [5.74, 6) is 0. The highest BCUT2D eigenvalue weighted by molar-refractivity contribution is 5.51. The van der Waals surface area contributed by atoms with Gasteiger partial charge in [0.15, 0.2) is 0 Å². The fraction of sp³-hybridized carbons (Fsp3) is 0.143. The van der Waals surface area contributed by atoms with E-state index in [0.29, 0.717) is 0 Å². The Hall–Kier alpha value is -2.56. The number of anilines is 1. The van der Waals surface area contributed by atoms with Crippen LogP contribution in [0, 0.1) is 0 Å². The van der Waals surface area contributed by atoms with Gasteiger partial charge in [0.05, 0.1) is 11.9 Å². The molecule has 3 aromatic rings. The molecule has 5 nitrogen and oxygen atoms in total. The summed E-state index contributed by atoms with van der Waals surface area (Å²) in [6.07, 6.45) is 7.57. The van der Waals surface area contributed by atoms with Crippen molar-refractivity contribution in [1.29, 1.82) is 0 Å². The first kappa shape index (κ1) is 11.5. The van der Waals surface area contributed by atoms with Crippen LogP contribution in [0.4, 0.5) is 5.69 Å². The molecule has 0 aliphatic rings. The highest BCUT2D eigenvalue weighted by Crippen LogP contribution is 2.14. The number of hydrogen-bond acceptors (Lipinski definition) is 3. The van der Waals surface area contributed by atoms with Gasteiger partial charge >= 0.3 is 0 Å². The summed E-state index contributed by atoms with van der Waals surface area (Å²) in [4.78, 5) is 0. The lowest BCUT2D eigenvalue weighted by atomic mass is 10.2. The summed E-state index contributed by atoms with van der Waals surface area (Å²) in [6, 6.07) is 10.1. The second-order valence-corrected chi connectivity index (χ2v) is 4.38. The summed E-state index contributed by atoms with van der Waals surface area (Å²) in [7, 11) is 1.92. The predicted molar refractivity (Wildman–Crippen MR) is 74.1 cm³/mol. The van der Waals surface area contributed by atoms with Gasteiger partial charge in [0.1, 0.15) is 0 Å². The minimum absolute atomic E-state index is 0.760. The van der Waals surface area contributed by atoms with E-state index in [2.05, 4.69) is 21.6 Å². The van der Waals surface area contributed by atoms with Crippen molar-refractivity contribution in [2.45, 2.75) is 6.54 Å². The molecule has 1 aromatic carbocycles. The molecule has 0 aliphatic carbocycles. The topological polar surface area (TPSA) is 47.7 Å². The summed E-state index contributed by atoms with van der Waals surface area (Å²) >= 11 is 0. The van der Waals surface area contributed by atoms with Crippen LogP contribution in [-0.4, -0.2) is 19.6 Å². The van der Waals surface area contributed by atoms with Crippen LogP contribution in [0.3, 0.4) is 0 Å². The van der Waals surface area contributed by atoms with Crippen molar-refractivity contribution >= 4 is 5.69 Å². The highest BCUT2D eigenvalue weighted by Gasteiger charge is 1.99. The normalized spacial score (nSPS) is 10.6. The summed E-state index contributed by atoms with van der Waals surface area (Å²) < 4.78 is 3.65. The minimum atomic E-state index is 0.760. The van der Waals surface area contributed by atoms with E-state index in [4.69, 9.17) is 0 Å². The van der Waals surface area contributed by atoms with Gasteiger partial charge in [-0.15, -0.1) is 0 Å². The van der Waals surface area contributed by atoms with Crippen LogP contribution < -0.4 is 5.32 Å². The molecule has 96 valence electrons. The largest absolute Gasteiger partial charge is 0.381 e. The molecule has 0 unspecified atom stereocenters. The Labute approximate surface area is 111 Å². The van der Waals surface area contributed by atoms with Crippen molar-refractivity contribution in [1.82, 2.24) is 19.6 Å². The average molecular weight is 253 g/mol. The number of nitrogens with zero attached hydrogens (tertiary/aromatic N) is 4. The molecule has 0 saturated carbocycles. The maximum absolute atomic E-state index is 4.22. The Kier molecular flexibility index (Phi) is 3.02. The zero-order valence-corrected chi connectivity index (χ0v) is 10.7. The quantitative estimate of drug-likeness (QED) is 0.775. The molecule has 0 amide bonds. The van der Waals surface area contributed by atoms with Crippen LogP contribution in [0.15, 0.2) is 55.1 Å². The SMILES string of the molecule is Cn1cc(CNc2cccc(-n3cccn3)c2)cn1. The number of benzene rings is 1. The van der Waals surface area contributed by atoms with Gasteiger partial charge in [0.25, 0.3) is 0 Å². The number of rotatable bonds is 4. The molecular weight excluding hydrogens is 238 g/mol. The molecule has 0 saturated heterocycles. The second kappa shape index (κ2) is 4.97. The molecule has 1 N–H and O–H groups in total. The molecule has 3 rings (SSSR count). The van der Waals surface area contributed by atoms with Gasteiger partial charge in [-0.25, -0.2) is 4.68 Å². The molecule has 5 heteroatoms. The van der Waals surface area contributed by atoms with Crippen LogP contribution in [0.1, 0.15) is 5.56 Å². The third-order valence-corrected chi connectivity index (χ3v) is 2.87. The van der Waals surface area contributed by atoms with E-state index in [1.807, 2.05) is 54.6 Å². The third kappa shape index (κ3) is 2.65. The van der Waals surface area contributed by atoms with E-state index in [9.17, 15) is 0 Å². The maximum Gasteiger partial charge on any atom is 0.0666 e. The molecular formula is C14H15N5. The lowest BCUT2D eigenvalue weighted by Gasteiger charge is -2.07. The fourth-order valence-corrected chi connectivity index (χ4v) is 1.95. The Morgan fingerprint density at radius 1 is 1.21 bits per heavy atom. The Morgan fingerprint density at radius 3 is 2.89 bits per heavy atom. The first-order valence-corrected chi connectivity index (χ1v) is 6.13. The predicted octanol–water partition coefficient (Wildman–Crippen LogP) is 2.22. The van der Waals surface area contributed by atoms with Crippen molar-refractivity contribution in [3.8, 4) is 5.69 Å². The van der Waals surface area contributed by atoms with Crippen molar-refractivity contribution in [3.63, 3.8) is 0 Å². The molecule has 2 heterocycles. The van der Waals surface area contributed by atoms with Crippen LogP contribution >= 0.6 is 0 Å². The Balaban J connectivity index is 1.73. The summed E-state index contributed by atoms with van der Waals surface area (Å²) in [5.41, 5.74) is 3.27. The molecule has 0 fully saturated rings. The number of hydrogen-bond donors (Lipinski definition) is 1. The molecule has 0 atom stereocenters. The van der Waals surface area contributed by atoms with Crippen molar-refractivity contribution in [3.05, 3.63) is 60.7 Å². The monoisotopic (exact) mass is 253 g/mol. The lowest BCUT2D eigenvalue weighted by molar-refractivity contribution is 0.767. The summed E-state index contributed by atoms with van der Waals surface area (Å²) in [6.45, 7) is 0.760. The molecule has 0 aliphatic heterocycles. The molecule has 19 heavy (non-hydrogen) atoms. The Bertz CT molecular complexity index is 654. The molecule has 0 spiro atoms. The van der Waals surface area contributed by atoms with Gasteiger partial charge < -0.3 is 5.32 Å². The van der Waals surface area contributed by atoms with E-state index in [-0.39, 0.29) is 0 Å². The molecule has 2 aromatic heterocycles. The highest BCUT2D eigenvalue weighted by atomic mass is 15.3. The van der Waals surface area contributed by atoms with Gasteiger partial charge in [0.2, 0.25) is 0 Å². The van der Waals surface area contributed by atoms with E-state index >= 15 is 0 Å². The standard InChI is InChI=1S/C14H15N5/c1-18-11-12(10-17-18)9-15-13-4-2-5-14(8-13)19-7-3-6-16-19/h2-8,10-11,15H,9H2,1H3. The van der Waals surface area contributed by atoms with E-state index in [1.54, 1.807) is 10.9 Å². The van der Waals surface area contributed by atoms with Gasteiger partial charge in [0, 0.05) is 43.4 Å². The molecule has 0 bridgehead atoms. The van der Waals surface area contributed by atoms with Gasteiger partial charge in [-0.3, -0.25) is 4.68 Å². The van der Waals surface area contributed by atoms with Gasteiger partial charge in [-0.05, 0) is 24.3 Å². The summed E-state index contributed by atoms with van der Waals surface area (Å²) in [5, 5.41) is 11.8. The van der Waals surface area contributed by atoms with Crippen molar-refractivity contribution in [2.24, 2.45) is 7.05 Å². The smallest absolute Gasteiger partial charge is 0.0666 e. The zero-order valence-electron chi connectivity index (χ0n) is 10.7. The van der Waals surface area contributed by atoms with E-state index in [0.717, 1.165) is 23.5 Å². The zero-order chi connectivity index (χ0) is 13.1. The number of aromatic nitrogens is 4. The number of nitrogens with one attached hydrogen (secondary N) is 1. The van der Waals surface area contributed by atoms with Crippen LogP contribution in [0.5, 0.6) is 0 Å². The van der Waals surface area contributed by atoms with Crippen LogP contribution in [-0.2, 0) is 13.6 Å². The average Bonchev–Trinajstić information content (AvgIpc) is 3.08. The fourth-order valence-electron chi connectivity index (χ4n) is 1.95. The number of aryl methyl sites for hydroxylation is 1. The van der Waals surface area contributed by atoms with Crippen LogP contribution in [0.25, 0.3) is 5.69 Å². The maximum atomic E-state index is 4.22. The van der Waals surface area contributed by atoms with E-state index < -0.39 is 0 Å². The van der Waals surface area contributed by atoms with Crippen molar-refractivity contribution in [2.75, 3.05) is 5.32 Å². The lowest BCUT2D eigenvalue weighted by Crippen LogP contribution is -2.00. The third-order valence-electron chi connectivity index (χ3n) is 2.87. The van der Waals surface area contributed by atoms with E-state index in [1.165, 1.54) is 0 Å². The van der Waals surface area contributed by atoms with Crippen molar-refractivity contribution < 1.29 is 0 Å². The Morgan fingerprint density at radius 2 is 2.16 bits per heavy atom. The van der Waals surface area contributed by atoms with Gasteiger partial charge in [-0.2, -0.15) is 10.2 Å². The minimum Gasteiger partial charge on any atom is -0.381 e.